The fourth-order valence-corrected chi connectivity index (χ4v) is 11.0. The molecule has 4 heterocycles. The number of ether oxygens (including phenoxy) is 1. The van der Waals surface area contributed by atoms with Crippen molar-refractivity contribution in [2.45, 2.75) is 180 Å². The lowest BCUT2D eigenvalue weighted by molar-refractivity contribution is -0.141. The topological polar surface area (TPSA) is 246 Å². The molecule has 358 valence electrons. The average molecular weight is 942 g/mol. The highest BCUT2D eigenvalue weighted by atomic mass is 32.2. The highest BCUT2D eigenvalue weighted by Gasteiger charge is 2.67. The van der Waals surface area contributed by atoms with E-state index in [-0.39, 0.29) is 65.2 Å². The maximum Gasteiger partial charge on any atom is 0.333 e. The maximum atomic E-state index is 14.5. The number of nitrogens with zero attached hydrogens (tertiary/aromatic N) is 3. The molecule has 7 atom stereocenters. The zero-order valence-corrected chi connectivity index (χ0v) is 42.9. The molecular formula is C42H75N7O11SSi2. The summed E-state index contributed by atoms with van der Waals surface area (Å²) in [7, 11) is -9.60. The van der Waals surface area contributed by atoms with Gasteiger partial charge in [0.05, 0.1) is 23.8 Å². The Balaban J connectivity index is 1.63. The molecule has 2 fully saturated rings. The molecule has 1 aromatic heterocycles. The van der Waals surface area contributed by atoms with Crippen molar-refractivity contribution >= 4 is 44.5 Å². The molecule has 0 bridgehead atoms. The maximum absolute atomic E-state index is 14.5. The van der Waals surface area contributed by atoms with E-state index in [4.69, 9.17) is 29.2 Å². The Morgan fingerprint density at radius 3 is 2.13 bits per heavy atom. The van der Waals surface area contributed by atoms with Gasteiger partial charge in [-0.1, -0.05) is 69.2 Å². The molecule has 6 N–H and O–H groups in total. The molecule has 3 aliphatic heterocycles. The third kappa shape index (κ3) is 10.9. The van der Waals surface area contributed by atoms with E-state index in [0.29, 0.717) is 19.4 Å². The molecule has 0 aromatic carbocycles. The van der Waals surface area contributed by atoms with Crippen LogP contribution in [0.2, 0.25) is 36.3 Å². The molecule has 18 nitrogen and oxygen atoms in total. The normalized spacial score (nSPS) is 25.2. The van der Waals surface area contributed by atoms with Gasteiger partial charge in [0.1, 0.15) is 24.3 Å². The van der Waals surface area contributed by atoms with Crippen molar-refractivity contribution in [2.75, 3.05) is 19.7 Å². The van der Waals surface area contributed by atoms with Crippen molar-refractivity contribution in [3.63, 3.8) is 0 Å². The molecule has 63 heavy (non-hydrogen) atoms. The van der Waals surface area contributed by atoms with Crippen LogP contribution in [0, 0.1) is 18.8 Å². The average Bonchev–Trinajstić information content (AvgIpc) is 3.82. The summed E-state index contributed by atoms with van der Waals surface area (Å²) in [4.78, 5) is 69.8. The zero-order chi connectivity index (χ0) is 48.0. The van der Waals surface area contributed by atoms with Crippen molar-refractivity contribution in [1.29, 1.82) is 0 Å². The number of amides is 3. The van der Waals surface area contributed by atoms with Crippen LogP contribution in [0.5, 0.6) is 0 Å². The molecular weight excluding hydrogens is 867 g/mol. The van der Waals surface area contributed by atoms with Crippen LogP contribution in [0.25, 0.3) is 0 Å². The predicted molar refractivity (Wildman–Crippen MR) is 246 cm³/mol. The van der Waals surface area contributed by atoms with E-state index >= 15 is 0 Å². The summed E-state index contributed by atoms with van der Waals surface area (Å²) in [5, 5.41) is 5.92. The van der Waals surface area contributed by atoms with E-state index in [9.17, 15) is 32.4 Å². The summed E-state index contributed by atoms with van der Waals surface area (Å²) in [5.74, 6) is -1.60. The molecule has 0 radical (unpaired) electrons. The van der Waals surface area contributed by atoms with E-state index < -0.39 is 92.0 Å². The van der Waals surface area contributed by atoms with Crippen LogP contribution in [0.15, 0.2) is 26.9 Å². The van der Waals surface area contributed by atoms with Crippen molar-refractivity contribution in [1.82, 2.24) is 24.7 Å². The Kier molecular flexibility index (Phi) is 15.8. The van der Waals surface area contributed by atoms with Gasteiger partial charge in [-0.2, -0.15) is 8.42 Å². The fraction of sp³-hybridized carbons (Fsp3) is 0.786. The second-order valence-electron chi connectivity index (χ2n) is 21.1. The second kappa shape index (κ2) is 19.0. The van der Waals surface area contributed by atoms with Gasteiger partial charge in [-0.3, -0.25) is 28.3 Å². The summed E-state index contributed by atoms with van der Waals surface area (Å²) < 4.78 is 55.0. The molecule has 3 amide bonds. The Morgan fingerprint density at radius 2 is 1.60 bits per heavy atom. The minimum atomic E-state index is -4.32. The number of carbonyl (C=O) groups is 3. The highest BCUT2D eigenvalue weighted by molar-refractivity contribution is 7.90. The number of nitrogens with two attached hydrogens (primary N) is 2. The smallest absolute Gasteiger partial charge is 0.333 e. The second-order valence-corrected chi connectivity index (χ2v) is 32.1. The van der Waals surface area contributed by atoms with Crippen molar-refractivity contribution < 1.29 is 40.6 Å². The summed E-state index contributed by atoms with van der Waals surface area (Å²) in [6, 6.07) is -2.41. The number of aromatic nitrogens is 2. The number of rotatable bonds is 16. The molecule has 3 aliphatic rings. The molecule has 1 aromatic rings. The van der Waals surface area contributed by atoms with E-state index in [1.807, 2.05) is 60.8 Å². The van der Waals surface area contributed by atoms with E-state index in [0.717, 1.165) is 9.98 Å². The van der Waals surface area contributed by atoms with Gasteiger partial charge in [-0.25, -0.2) is 8.98 Å². The van der Waals surface area contributed by atoms with Crippen LogP contribution in [0.4, 0.5) is 0 Å². The van der Waals surface area contributed by atoms with Gasteiger partial charge in [0.2, 0.25) is 17.7 Å². The van der Waals surface area contributed by atoms with Crippen molar-refractivity contribution in [3.05, 3.63) is 43.7 Å². The number of hydrogen-bond acceptors (Lipinski definition) is 13. The summed E-state index contributed by atoms with van der Waals surface area (Å²) in [6.07, 6.45) is -1.12. The SMILES string of the molecule is Cc1cn(C2OC(CO[Si](C)(C)C(C)(C)C)C3(OS(=O)(=O)C=C3N)C2O[Si](C)(C)C(C)(C)C)c(=O)n(CCCNC(=O)[C@@H](NC(=O)[C@@H]2CCCN2C(=O)[C@@H](N)C(C)C)C(C)C)c1=O. The van der Waals surface area contributed by atoms with Gasteiger partial charge in [-0.05, 0) is 74.3 Å². The first-order chi connectivity index (χ1) is 28.7. The number of nitrogens with one attached hydrogen (secondary N) is 2. The van der Waals surface area contributed by atoms with Crippen LogP contribution >= 0.6 is 0 Å². The number of likely N-dealkylation sites (tertiary alicyclic amines) is 1. The Labute approximate surface area is 375 Å². The third-order valence-electron chi connectivity index (χ3n) is 13.7. The van der Waals surface area contributed by atoms with Crippen LogP contribution in [-0.2, 0) is 48.8 Å². The molecule has 4 rings (SSSR count). The lowest BCUT2D eigenvalue weighted by atomic mass is 9.89. The number of aryl methyl sites for hydroxylation is 1. The van der Waals surface area contributed by atoms with E-state index in [1.54, 1.807) is 20.8 Å². The van der Waals surface area contributed by atoms with Crippen LogP contribution in [0.1, 0.15) is 100 Å². The number of hydrogen-bond donors (Lipinski definition) is 4. The fourth-order valence-electron chi connectivity index (χ4n) is 7.47. The molecule has 0 saturated carbocycles. The van der Waals surface area contributed by atoms with Gasteiger partial charge in [-0.15, -0.1) is 0 Å². The van der Waals surface area contributed by atoms with Crippen LogP contribution < -0.4 is 33.3 Å². The monoisotopic (exact) mass is 941 g/mol. The van der Waals surface area contributed by atoms with Gasteiger partial charge in [0.15, 0.2) is 28.5 Å². The predicted octanol–water partition coefficient (Wildman–Crippen LogP) is 3.15. The Hall–Kier alpha value is -3.19. The third-order valence-corrected chi connectivity index (χ3v) is 23.7. The molecule has 2 saturated heterocycles. The first-order valence-electron chi connectivity index (χ1n) is 22.1. The minimum absolute atomic E-state index is 0.0507. The van der Waals surface area contributed by atoms with Crippen molar-refractivity contribution in [2.24, 2.45) is 23.3 Å². The van der Waals surface area contributed by atoms with Gasteiger partial charge < -0.3 is 40.6 Å². The Bertz CT molecular complexity index is 2140. The largest absolute Gasteiger partial charge is 0.414 e. The minimum Gasteiger partial charge on any atom is -0.414 e. The van der Waals surface area contributed by atoms with Crippen molar-refractivity contribution in [3.8, 4) is 0 Å². The summed E-state index contributed by atoms with van der Waals surface area (Å²) in [5.41, 5.74) is 9.59. The van der Waals surface area contributed by atoms with Crippen LogP contribution in [0.3, 0.4) is 0 Å². The summed E-state index contributed by atoms with van der Waals surface area (Å²) in [6.45, 7) is 29.4. The van der Waals surface area contributed by atoms with E-state index in [1.165, 1.54) is 15.7 Å². The molecule has 4 unspecified atom stereocenters. The Morgan fingerprint density at radius 1 is 1.00 bits per heavy atom. The molecule has 1 spiro atoms. The first-order valence-corrected chi connectivity index (χ1v) is 29.4. The molecule has 21 heteroatoms. The van der Waals surface area contributed by atoms with Crippen LogP contribution in [-0.4, -0.2) is 112 Å². The van der Waals surface area contributed by atoms with Gasteiger partial charge in [0, 0.05) is 31.4 Å². The lowest BCUT2D eigenvalue weighted by Gasteiger charge is -2.43. The van der Waals surface area contributed by atoms with E-state index in [2.05, 4.69) is 31.4 Å². The summed E-state index contributed by atoms with van der Waals surface area (Å²) >= 11 is 0. The standard InChI is InChI=1S/C42H75N7O11SSi2/c1-25(2)31(44)37(53)47-20-16-18-28(47)34(50)46-32(26(3)4)35(51)45-19-17-21-48-36(52)27(5)22-49(39(48)54)38-33(59-63(14,15)41(9,10)11)42(29(43)24-61(55,56)60-42)30(58-38)23-57-62(12,13)40(6,7)8/h22,24-26,28,30-33,38H,16-21,23,43-44H2,1-15H3,(H,45,51)(H,46,50)/t28-,30?,31-,32-,33?,38?,42?/m0/s1. The quantitative estimate of drug-likeness (QED) is 0.106. The zero-order valence-electron chi connectivity index (χ0n) is 40.1. The molecule has 0 aliphatic carbocycles. The lowest BCUT2D eigenvalue weighted by Crippen LogP contribution is -2.59. The van der Waals surface area contributed by atoms with Gasteiger partial charge in [0.25, 0.3) is 15.7 Å². The van der Waals surface area contributed by atoms with Gasteiger partial charge >= 0.3 is 5.69 Å². The first kappa shape index (κ1) is 52.4. The number of carbonyl (C=O) groups excluding carboxylic acids is 3. The highest BCUT2D eigenvalue weighted by Crippen LogP contribution is 2.52.